The van der Waals surface area contributed by atoms with Crippen molar-refractivity contribution >= 4 is 27.6 Å². The van der Waals surface area contributed by atoms with Crippen molar-refractivity contribution in [1.29, 1.82) is 0 Å². The van der Waals surface area contributed by atoms with Crippen molar-refractivity contribution in [3.05, 3.63) is 46.2 Å². The average molecular weight is 475 g/mol. The third-order valence-electron chi connectivity index (χ3n) is 5.29. The van der Waals surface area contributed by atoms with Crippen molar-refractivity contribution in [2.75, 3.05) is 29.8 Å². The molecule has 1 N–H and O–H groups in total. The molecule has 0 saturated carbocycles. The Morgan fingerprint density at radius 3 is 2.69 bits per heavy atom. The standard InChI is InChI=1S/C20H29FN6O3S.Na/c1-5-15-10-16(9-14(2)19(15)21)23-20(28)24-31(29,30)27(18-11-22-26(4)13-18)17-7-6-8-25(3)12-17;/h9-11,13,17H,5-8,12H2,1-4H3,(H2,23,24,28);/q;+1/p-1. The molecule has 1 saturated heterocycles. The Morgan fingerprint density at radius 1 is 1.38 bits per heavy atom. The molecule has 0 spiro atoms. The van der Waals surface area contributed by atoms with Crippen LogP contribution in [0.4, 0.5) is 20.6 Å². The minimum Gasteiger partial charge on any atom is -0.424 e. The quantitative estimate of drug-likeness (QED) is 0.602. The number of piperidine rings is 1. The molecule has 170 valence electrons. The van der Waals surface area contributed by atoms with Crippen LogP contribution >= 0.6 is 0 Å². The van der Waals surface area contributed by atoms with Crippen LogP contribution < -0.4 is 39.2 Å². The van der Waals surface area contributed by atoms with E-state index in [0.29, 0.717) is 41.9 Å². The van der Waals surface area contributed by atoms with Gasteiger partial charge in [-0.15, -0.1) is 0 Å². The first kappa shape index (κ1) is 26.6. The van der Waals surface area contributed by atoms with Crippen LogP contribution in [-0.2, 0) is 23.7 Å². The van der Waals surface area contributed by atoms with Gasteiger partial charge < -0.3 is 14.9 Å². The number of nitrogens with zero attached hydrogens (tertiary/aromatic N) is 5. The van der Waals surface area contributed by atoms with E-state index >= 15 is 0 Å². The van der Waals surface area contributed by atoms with Gasteiger partial charge >= 0.3 is 29.6 Å². The fourth-order valence-corrected chi connectivity index (χ4v) is 5.10. The van der Waals surface area contributed by atoms with Crippen LogP contribution in [0.15, 0.2) is 24.5 Å². The van der Waals surface area contributed by atoms with E-state index in [2.05, 4.69) is 15.1 Å². The second-order valence-electron chi connectivity index (χ2n) is 7.85. The first-order chi connectivity index (χ1) is 14.6. The third kappa shape index (κ3) is 6.22. The Balaban J connectivity index is 0.00000363. The number of likely N-dealkylation sites (N-methyl/N-ethyl adjacent to an activating group) is 1. The molecular weight excluding hydrogens is 446 g/mol. The fourth-order valence-electron chi connectivity index (χ4n) is 3.85. The molecular formula is C20H28FN6NaO3S. The molecule has 2 heterocycles. The summed E-state index contributed by atoms with van der Waals surface area (Å²) >= 11 is 0. The summed E-state index contributed by atoms with van der Waals surface area (Å²) < 4.78 is 46.6. The van der Waals surface area contributed by atoms with E-state index < -0.39 is 16.2 Å². The minimum atomic E-state index is -4.35. The third-order valence-corrected chi connectivity index (χ3v) is 6.69. The topological polar surface area (TPSA) is 102 Å². The Kier molecular flexibility index (Phi) is 9.12. The monoisotopic (exact) mass is 474 g/mol. The first-order valence-electron chi connectivity index (χ1n) is 10.1. The van der Waals surface area contributed by atoms with Crippen molar-refractivity contribution in [3.8, 4) is 0 Å². The largest absolute Gasteiger partial charge is 1.00 e. The van der Waals surface area contributed by atoms with Gasteiger partial charge in [-0.3, -0.25) is 13.8 Å². The summed E-state index contributed by atoms with van der Waals surface area (Å²) in [6, 6.07) is 1.52. The van der Waals surface area contributed by atoms with Crippen molar-refractivity contribution in [3.63, 3.8) is 0 Å². The maximum absolute atomic E-state index is 14.1. The number of urea groups is 1. The van der Waals surface area contributed by atoms with Gasteiger partial charge in [-0.1, -0.05) is 19.1 Å². The van der Waals surface area contributed by atoms with Gasteiger partial charge in [0.25, 0.3) is 10.2 Å². The van der Waals surface area contributed by atoms with E-state index in [4.69, 9.17) is 0 Å². The van der Waals surface area contributed by atoms with Crippen LogP contribution in [0.25, 0.3) is 4.72 Å². The summed E-state index contributed by atoms with van der Waals surface area (Å²) in [7, 11) is -0.736. The number of likely N-dealkylation sites (tertiary alicyclic amines) is 1. The number of halogens is 1. The number of anilines is 2. The Bertz CT molecular complexity index is 1060. The number of carbonyl (C=O) groups excluding carboxylic acids is 1. The zero-order chi connectivity index (χ0) is 22.8. The van der Waals surface area contributed by atoms with Crippen LogP contribution in [0, 0.1) is 12.7 Å². The summed E-state index contributed by atoms with van der Waals surface area (Å²) in [5.74, 6) is -0.339. The summed E-state index contributed by atoms with van der Waals surface area (Å²) in [5.41, 5.74) is 1.44. The number of hydrogen-bond donors (Lipinski definition) is 1. The smallest absolute Gasteiger partial charge is 0.424 e. The summed E-state index contributed by atoms with van der Waals surface area (Å²) in [6.45, 7) is 4.77. The molecule has 1 unspecified atom stereocenters. The molecule has 1 aromatic heterocycles. The number of hydrogen-bond acceptors (Lipinski definition) is 5. The zero-order valence-corrected chi connectivity index (χ0v) is 22.0. The Morgan fingerprint density at radius 2 is 2.09 bits per heavy atom. The molecule has 3 rings (SSSR count). The fraction of sp³-hybridized carbons (Fsp3) is 0.500. The second kappa shape index (κ2) is 11.0. The molecule has 0 bridgehead atoms. The van der Waals surface area contributed by atoms with Crippen LogP contribution in [0.5, 0.6) is 0 Å². The first-order valence-corrected chi connectivity index (χ1v) is 11.5. The molecule has 1 fully saturated rings. The van der Waals surface area contributed by atoms with E-state index in [9.17, 15) is 17.6 Å². The maximum atomic E-state index is 14.1. The maximum Gasteiger partial charge on any atom is 1.00 e. The van der Waals surface area contributed by atoms with Crippen LogP contribution in [-0.4, -0.2) is 55.3 Å². The number of aromatic nitrogens is 2. The van der Waals surface area contributed by atoms with Gasteiger partial charge in [0.1, 0.15) is 5.82 Å². The van der Waals surface area contributed by atoms with Gasteiger partial charge in [0.15, 0.2) is 6.03 Å². The van der Waals surface area contributed by atoms with Gasteiger partial charge in [0, 0.05) is 19.8 Å². The molecule has 32 heavy (non-hydrogen) atoms. The predicted molar refractivity (Wildman–Crippen MR) is 118 cm³/mol. The van der Waals surface area contributed by atoms with Gasteiger partial charge in [0.2, 0.25) is 0 Å². The molecule has 2 amide bonds. The Hall–Kier alpha value is -1.66. The normalized spacial score (nSPS) is 16.8. The molecule has 1 aliphatic rings. The van der Waals surface area contributed by atoms with Crippen LogP contribution in [0.2, 0.25) is 0 Å². The number of rotatable bonds is 6. The van der Waals surface area contributed by atoms with Gasteiger partial charge in [-0.2, -0.15) is 5.10 Å². The van der Waals surface area contributed by atoms with Crippen molar-refractivity contribution in [1.82, 2.24) is 14.7 Å². The molecule has 0 aliphatic carbocycles. The number of nitrogens with one attached hydrogen (secondary N) is 1. The van der Waals surface area contributed by atoms with Gasteiger partial charge in [-0.05, 0) is 56.6 Å². The number of carbonyl (C=O) groups is 1. The Labute approximate surface area is 210 Å². The molecule has 1 aliphatic heterocycles. The molecule has 9 nitrogen and oxygen atoms in total. The predicted octanol–water partition coefficient (Wildman–Crippen LogP) is 0.185. The van der Waals surface area contributed by atoms with Crippen molar-refractivity contribution in [2.45, 2.75) is 39.2 Å². The second-order valence-corrected chi connectivity index (χ2v) is 9.32. The minimum absolute atomic E-state index is 0. The molecule has 2 aromatic rings. The van der Waals surface area contributed by atoms with E-state index in [1.165, 1.54) is 27.3 Å². The molecule has 1 atom stereocenters. The number of aryl methyl sites for hydroxylation is 3. The van der Waals surface area contributed by atoms with E-state index in [1.807, 2.05) is 11.9 Å². The summed E-state index contributed by atoms with van der Waals surface area (Å²) in [6.07, 6.45) is 4.93. The molecule has 12 heteroatoms. The summed E-state index contributed by atoms with van der Waals surface area (Å²) in [5, 5.41) is 6.52. The SMILES string of the molecule is CCc1cc(NC(=O)[N-]S(=O)(=O)N(c2cnn(C)c2)C2CCCN(C)C2)cc(C)c1F.[Na+]. The van der Waals surface area contributed by atoms with E-state index in [0.717, 1.165) is 13.0 Å². The van der Waals surface area contributed by atoms with Crippen molar-refractivity contribution < 1.29 is 47.2 Å². The molecule has 1 aromatic carbocycles. The van der Waals surface area contributed by atoms with E-state index in [-0.39, 0.29) is 41.4 Å². The summed E-state index contributed by atoms with van der Waals surface area (Å²) in [4.78, 5) is 14.5. The van der Waals surface area contributed by atoms with Crippen LogP contribution in [0.3, 0.4) is 0 Å². The van der Waals surface area contributed by atoms with Crippen LogP contribution in [0.1, 0.15) is 30.9 Å². The van der Waals surface area contributed by atoms with Gasteiger partial charge in [0.05, 0.1) is 17.9 Å². The molecule has 0 radical (unpaired) electrons. The average Bonchev–Trinajstić information content (AvgIpc) is 3.09. The van der Waals surface area contributed by atoms with Crippen molar-refractivity contribution in [2.24, 2.45) is 7.05 Å². The zero-order valence-electron chi connectivity index (χ0n) is 19.2. The van der Waals surface area contributed by atoms with E-state index in [1.54, 1.807) is 27.1 Å². The number of amides is 2. The number of benzene rings is 1. The van der Waals surface area contributed by atoms with Gasteiger partial charge in [-0.25, -0.2) is 12.8 Å².